The molecule has 2 saturated heterocycles. The molecule has 4 aliphatic rings. The highest BCUT2D eigenvalue weighted by molar-refractivity contribution is 5.97. The molecule has 3 aromatic heterocycles. The van der Waals surface area contributed by atoms with E-state index in [4.69, 9.17) is 19.2 Å². The van der Waals surface area contributed by atoms with Crippen LogP contribution in [-0.4, -0.2) is 89.7 Å². The summed E-state index contributed by atoms with van der Waals surface area (Å²) in [4.78, 5) is 32.5. The fourth-order valence-electron chi connectivity index (χ4n) is 9.43. The van der Waals surface area contributed by atoms with Gasteiger partial charge in [-0.1, -0.05) is 38.1 Å². The highest BCUT2D eigenvalue weighted by Gasteiger charge is 2.50. The third-order valence-corrected chi connectivity index (χ3v) is 12.5. The van der Waals surface area contributed by atoms with Gasteiger partial charge >= 0.3 is 0 Å². The number of ether oxygens (including phenoxy) is 3. The Morgan fingerprint density at radius 2 is 1.80 bits per heavy atom. The maximum Gasteiger partial charge on any atom is 0.254 e. The van der Waals surface area contributed by atoms with Gasteiger partial charge in [-0.25, -0.2) is 9.37 Å². The number of nitrogens with zero attached hydrogens (tertiary/aromatic N) is 5. The van der Waals surface area contributed by atoms with Crippen molar-refractivity contribution in [1.29, 1.82) is 0 Å². The van der Waals surface area contributed by atoms with Crippen LogP contribution < -0.4 is 24.4 Å². The van der Waals surface area contributed by atoms with Crippen LogP contribution >= 0.6 is 0 Å². The number of hydrogen-bond donors (Lipinski definition) is 2. The fourth-order valence-corrected chi connectivity index (χ4v) is 9.43. The van der Waals surface area contributed by atoms with E-state index in [1.54, 1.807) is 19.3 Å². The molecule has 1 atom stereocenters. The van der Waals surface area contributed by atoms with Crippen LogP contribution in [0.3, 0.4) is 0 Å². The molecule has 2 N–H and O–H groups in total. The lowest BCUT2D eigenvalue weighted by Crippen LogP contribution is -2.60. The first-order valence-corrected chi connectivity index (χ1v) is 20.0. The number of carbonyl (C=O) groups excluding carboxylic acids is 1. The molecule has 6 heterocycles. The summed E-state index contributed by atoms with van der Waals surface area (Å²) < 4.78 is 32.2. The zero-order valence-corrected chi connectivity index (χ0v) is 32.4. The summed E-state index contributed by atoms with van der Waals surface area (Å²) in [5.41, 5.74) is 6.10. The molecule has 0 bridgehead atoms. The Morgan fingerprint density at radius 1 is 1.00 bits per heavy atom. The number of benzene rings is 2. The molecule has 12 heteroatoms. The van der Waals surface area contributed by atoms with Crippen molar-refractivity contribution in [3.63, 3.8) is 0 Å². The van der Waals surface area contributed by atoms with Gasteiger partial charge in [0, 0.05) is 82.4 Å². The Hall–Kier alpha value is -5.20. The molecule has 1 amide bonds. The average molecular weight is 760 g/mol. The van der Waals surface area contributed by atoms with Gasteiger partial charge in [0.1, 0.15) is 36.2 Å². The van der Waals surface area contributed by atoms with E-state index < -0.39 is 5.82 Å². The molecular formula is C44H50FN7O4. The molecule has 9 rings (SSSR count). The van der Waals surface area contributed by atoms with E-state index in [2.05, 4.69) is 68.1 Å². The summed E-state index contributed by atoms with van der Waals surface area (Å²) in [6, 6.07) is 19.3. The van der Waals surface area contributed by atoms with E-state index in [0.717, 1.165) is 75.0 Å². The molecule has 1 aliphatic carbocycles. The second-order valence-corrected chi connectivity index (χ2v) is 16.2. The normalized spacial score (nSPS) is 20.0. The second-order valence-electron chi connectivity index (χ2n) is 16.2. The van der Waals surface area contributed by atoms with Crippen LogP contribution in [0.1, 0.15) is 78.7 Å². The van der Waals surface area contributed by atoms with Gasteiger partial charge in [-0.05, 0) is 66.3 Å². The van der Waals surface area contributed by atoms with Gasteiger partial charge in [0.15, 0.2) is 11.5 Å². The minimum Gasteiger partial charge on any atom is -0.486 e. The molecule has 56 heavy (non-hydrogen) atoms. The Kier molecular flexibility index (Phi) is 9.79. The van der Waals surface area contributed by atoms with E-state index in [0.29, 0.717) is 64.7 Å². The summed E-state index contributed by atoms with van der Waals surface area (Å²) in [6.45, 7) is 11.4. The summed E-state index contributed by atoms with van der Waals surface area (Å²) >= 11 is 0. The quantitative estimate of drug-likeness (QED) is 0.159. The second kappa shape index (κ2) is 15.0. The Balaban J connectivity index is 0.884. The zero-order valence-electron chi connectivity index (χ0n) is 32.4. The van der Waals surface area contributed by atoms with E-state index in [1.807, 2.05) is 30.5 Å². The number of amides is 1. The summed E-state index contributed by atoms with van der Waals surface area (Å²) in [6.07, 6.45) is 9.28. The Bertz CT molecular complexity index is 2230. The third kappa shape index (κ3) is 7.05. The van der Waals surface area contributed by atoms with Gasteiger partial charge in [0.2, 0.25) is 0 Å². The molecule has 1 saturated carbocycles. The number of nitrogens with one attached hydrogen (secondary N) is 2. The summed E-state index contributed by atoms with van der Waals surface area (Å²) in [5.74, 6) is 2.10. The van der Waals surface area contributed by atoms with Gasteiger partial charge in [0.05, 0.1) is 29.0 Å². The van der Waals surface area contributed by atoms with Crippen LogP contribution in [0.15, 0.2) is 73.2 Å². The SMILES string of the molecule is CNC(=O)c1ccc(N2CCC3(CC2)CC(N2CCN(Cc4cc5c(cn4)OCCO5)C[C@H]2c2ccccc2C(C)C)C3)cc1Oc1cnc2[nH]cc(F)c2c1. The largest absolute Gasteiger partial charge is 0.486 e. The van der Waals surface area contributed by atoms with E-state index in [1.165, 1.54) is 30.2 Å². The number of aromatic nitrogens is 3. The minimum absolute atomic E-state index is 0.248. The topological polar surface area (TPSA) is 108 Å². The van der Waals surface area contributed by atoms with E-state index in [-0.39, 0.29) is 5.91 Å². The van der Waals surface area contributed by atoms with Gasteiger partial charge in [-0.2, -0.15) is 0 Å². The average Bonchev–Trinajstić information content (AvgIpc) is 3.59. The van der Waals surface area contributed by atoms with Crippen LogP contribution in [0, 0.1) is 11.2 Å². The van der Waals surface area contributed by atoms with Gasteiger partial charge < -0.3 is 29.4 Å². The highest BCUT2D eigenvalue weighted by Crippen LogP contribution is 2.53. The first-order chi connectivity index (χ1) is 27.3. The van der Waals surface area contributed by atoms with Crippen molar-refractivity contribution in [2.45, 2.75) is 64.1 Å². The number of aromatic amines is 1. The molecule has 1 spiro atoms. The molecule has 3 fully saturated rings. The summed E-state index contributed by atoms with van der Waals surface area (Å²) in [7, 11) is 1.60. The fraction of sp³-hybridized carbons (Fsp3) is 0.432. The predicted molar refractivity (Wildman–Crippen MR) is 213 cm³/mol. The number of pyridine rings is 2. The zero-order chi connectivity index (χ0) is 38.4. The van der Waals surface area contributed by atoms with Gasteiger partial charge in [-0.3, -0.25) is 19.6 Å². The Morgan fingerprint density at radius 3 is 2.61 bits per heavy atom. The number of halogens is 1. The Labute approximate surface area is 327 Å². The number of H-pyrrole nitrogens is 1. The van der Waals surface area contributed by atoms with Crippen molar-refractivity contribution < 1.29 is 23.4 Å². The monoisotopic (exact) mass is 759 g/mol. The lowest BCUT2D eigenvalue weighted by Gasteiger charge is -2.58. The number of carbonyl (C=O) groups is 1. The van der Waals surface area contributed by atoms with Crippen LogP contribution in [-0.2, 0) is 6.54 Å². The smallest absolute Gasteiger partial charge is 0.254 e. The van der Waals surface area contributed by atoms with Crippen molar-refractivity contribution in [2.75, 3.05) is 57.9 Å². The van der Waals surface area contributed by atoms with Crippen molar-refractivity contribution in [2.24, 2.45) is 5.41 Å². The van der Waals surface area contributed by atoms with Crippen LogP contribution in [0.25, 0.3) is 11.0 Å². The first kappa shape index (κ1) is 36.4. The molecule has 292 valence electrons. The molecule has 3 aliphatic heterocycles. The van der Waals surface area contributed by atoms with Crippen molar-refractivity contribution >= 4 is 22.6 Å². The molecule has 0 unspecified atom stereocenters. The molecule has 11 nitrogen and oxygen atoms in total. The number of hydrogen-bond acceptors (Lipinski definition) is 9. The highest BCUT2D eigenvalue weighted by atomic mass is 19.1. The first-order valence-electron chi connectivity index (χ1n) is 20.0. The lowest BCUT2D eigenvalue weighted by atomic mass is 9.59. The maximum absolute atomic E-state index is 14.3. The lowest BCUT2D eigenvalue weighted by molar-refractivity contribution is -0.0629. The third-order valence-electron chi connectivity index (χ3n) is 12.5. The number of fused-ring (bicyclic) bond motifs is 2. The van der Waals surface area contributed by atoms with Gasteiger partial charge in [0.25, 0.3) is 5.91 Å². The predicted octanol–water partition coefficient (Wildman–Crippen LogP) is 7.45. The number of piperidine rings is 1. The maximum atomic E-state index is 14.3. The number of anilines is 1. The molecular weight excluding hydrogens is 710 g/mol. The molecule has 2 aromatic carbocycles. The van der Waals surface area contributed by atoms with Crippen molar-refractivity contribution in [1.82, 2.24) is 30.1 Å². The van der Waals surface area contributed by atoms with Crippen LogP contribution in [0.4, 0.5) is 10.1 Å². The minimum atomic E-state index is -0.401. The van der Waals surface area contributed by atoms with Crippen LogP contribution in [0.5, 0.6) is 23.0 Å². The van der Waals surface area contributed by atoms with Gasteiger partial charge in [-0.15, -0.1) is 0 Å². The molecule has 5 aromatic rings. The number of rotatable bonds is 9. The van der Waals surface area contributed by atoms with E-state index in [9.17, 15) is 9.18 Å². The van der Waals surface area contributed by atoms with Crippen molar-refractivity contribution in [3.05, 3.63) is 101 Å². The van der Waals surface area contributed by atoms with Crippen LogP contribution in [0.2, 0.25) is 0 Å². The molecule has 0 radical (unpaired) electrons. The summed E-state index contributed by atoms with van der Waals surface area (Å²) in [5, 5.41) is 3.05. The standard InChI is InChI=1S/C44H50FN7O4/c1-28(2)33-6-4-5-7-34(33)38-27-50(26-29-18-40-41(25-47-29)55-17-16-54-40)14-15-52(38)31-21-44(22-31)10-12-51(13-11-44)30-8-9-35(43(53)46-3)39(19-30)56-32-20-36-37(45)24-49-42(36)48-23-32/h4-9,18-20,23-25,28,31,38H,10-17,21-22,26-27H2,1-3H3,(H,46,53)(H,48,49)/t38-/m0/s1. The van der Waals surface area contributed by atoms with Crippen molar-refractivity contribution in [3.8, 4) is 23.0 Å². The number of piperazine rings is 1. The van der Waals surface area contributed by atoms with E-state index >= 15 is 0 Å².